The molecular weight excluding hydrogens is 250 g/mol. The second kappa shape index (κ2) is 5.36. The Morgan fingerprint density at radius 3 is 3.17 bits per heavy atom. The first kappa shape index (κ1) is 13.5. The van der Waals surface area contributed by atoms with Gasteiger partial charge < -0.3 is 5.11 Å². The van der Waals surface area contributed by atoms with E-state index in [1.54, 1.807) is 0 Å². The molecule has 6 heteroatoms. The van der Waals surface area contributed by atoms with E-state index in [4.69, 9.17) is 5.84 Å². The van der Waals surface area contributed by atoms with E-state index < -0.39 is 5.60 Å². The van der Waals surface area contributed by atoms with Gasteiger partial charge >= 0.3 is 0 Å². The van der Waals surface area contributed by atoms with Gasteiger partial charge in [-0.25, -0.2) is 5.84 Å². The summed E-state index contributed by atoms with van der Waals surface area (Å²) >= 11 is 1.39. The van der Waals surface area contributed by atoms with Crippen molar-refractivity contribution < 1.29 is 9.90 Å². The lowest BCUT2D eigenvalue weighted by molar-refractivity contribution is -0.0181. The Morgan fingerprint density at radius 2 is 2.50 bits per heavy atom. The maximum Gasteiger partial charge on any atom is 0.275 e. The molecule has 1 unspecified atom stereocenters. The summed E-state index contributed by atoms with van der Waals surface area (Å²) in [5.41, 5.74) is 2.52. The molecule has 2 heterocycles. The second-order valence-electron chi connectivity index (χ2n) is 5.06. The first-order chi connectivity index (χ1) is 8.52. The Bertz CT molecular complexity index is 431. The molecule has 0 radical (unpaired) electrons. The number of hydrazine groups is 1. The van der Waals surface area contributed by atoms with Crippen molar-refractivity contribution in [1.82, 2.24) is 10.3 Å². The van der Waals surface area contributed by atoms with Crippen molar-refractivity contribution in [2.45, 2.75) is 31.9 Å². The number of thiophene rings is 1. The number of nitrogens with two attached hydrogens (primary N) is 1. The SMILES string of the molecule is CC1(O)CCCN(Cc2ccsc2C(=O)NN)C1. The number of amides is 1. The van der Waals surface area contributed by atoms with E-state index in [0.717, 1.165) is 24.9 Å². The molecule has 0 spiro atoms. The van der Waals surface area contributed by atoms with Gasteiger partial charge in [-0.1, -0.05) is 0 Å². The standard InChI is InChI=1S/C12H19N3O2S/c1-12(17)4-2-5-15(8-12)7-9-3-6-18-10(9)11(16)14-13/h3,6,17H,2,4-5,7-8,13H2,1H3,(H,14,16). The van der Waals surface area contributed by atoms with Crippen LogP contribution in [0, 0.1) is 0 Å². The molecule has 4 N–H and O–H groups in total. The lowest BCUT2D eigenvalue weighted by Gasteiger charge is -2.36. The quantitative estimate of drug-likeness (QED) is 0.429. The Balaban J connectivity index is 2.05. The minimum Gasteiger partial charge on any atom is -0.389 e. The maximum atomic E-state index is 11.6. The van der Waals surface area contributed by atoms with E-state index in [9.17, 15) is 9.90 Å². The topological polar surface area (TPSA) is 78.6 Å². The van der Waals surface area contributed by atoms with Crippen LogP contribution in [0.4, 0.5) is 0 Å². The Kier molecular flexibility index (Phi) is 4.01. The third kappa shape index (κ3) is 3.08. The third-order valence-corrected chi connectivity index (χ3v) is 4.19. The minimum absolute atomic E-state index is 0.247. The summed E-state index contributed by atoms with van der Waals surface area (Å²) in [6, 6.07) is 1.94. The lowest BCUT2D eigenvalue weighted by Crippen LogP contribution is -2.45. The highest BCUT2D eigenvalue weighted by atomic mass is 32.1. The van der Waals surface area contributed by atoms with Gasteiger partial charge in [0.2, 0.25) is 0 Å². The van der Waals surface area contributed by atoms with E-state index in [2.05, 4.69) is 10.3 Å². The molecule has 0 bridgehead atoms. The van der Waals surface area contributed by atoms with Crippen LogP contribution in [-0.2, 0) is 6.54 Å². The Labute approximate surface area is 111 Å². The summed E-state index contributed by atoms with van der Waals surface area (Å²) in [7, 11) is 0. The second-order valence-corrected chi connectivity index (χ2v) is 5.98. The average Bonchev–Trinajstić information content (AvgIpc) is 2.75. The van der Waals surface area contributed by atoms with Crippen LogP contribution >= 0.6 is 11.3 Å². The van der Waals surface area contributed by atoms with Crippen molar-refractivity contribution in [3.8, 4) is 0 Å². The molecule has 18 heavy (non-hydrogen) atoms. The van der Waals surface area contributed by atoms with Gasteiger partial charge in [-0.15, -0.1) is 11.3 Å². The van der Waals surface area contributed by atoms with Crippen LogP contribution in [0.15, 0.2) is 11.4 Å². The van der Waals surface area contributed by atoms with Crippen molar-refractivity contribution in [1.29, 1.82) is 0 Å². The summed E-state index contributed by atoms with van der Waals surface area (Å²) in [6.07, 6.45) is 1.82. The third-order valence-electron chi connectivity index (χ3n) is 3.23. The van der Waals surface area contributed by atoms with Gasteiger partial charge in [0.15, 0.2) is 0 Å². The van der Waals surface area contributed by atoms with Crippen molar-refractivity contribution in [2.24, 2.45) is 5.84 Å². The molecule has 0 saturated carbocycles. The molecular formula is C12H19N3O2S. The largest absolute Gasteiger partial charge is 0.389 e. The van der Waals surface area contributed by atoms with Gasteiger partial charge in [0.1, 0.15) is 0 Å². The smallest absolute Gasteiger partial charge is 0.275 e. The highest BCUT2D eigenvalue weighted by Crippen LogP contribution is 2.24. The van der Waals surface area contributed by atoms with Crippen LogP contribution in [0.2, 0.25) is 0 Å². The van der Waals surface area contributed by atoms with Gasteiger partial charge in [0.05, 0.1) is 10.5 Å². The Morgan fingerprint density at radius 1 is 1.72 bits per heavy atom. The van der Waals surface area contributed by atoms with E-state index in [0.29, 0.717) is 18.0 Å². The van der Waals surface area contributed by atoms with Gasteiger partial charge in [0, 0.05) is 13.1 Å². The maximum absolute atomic E-state index is 11.6. The molecule has 1 amide bonds. The van der Waals surface area contributed by atoms with Crippen molar-refractivity contribution in [2.75, 3.05) is 13.1 Å². The molecule has 1 aromatic rings. The van der Waals surface area contributed by atoms with Gasteiger partial charge in [0.25, 0.3) is 5.91 Å². The molecule has 100 valence electrons. The van der Waals surface area contributed by atoms with Gasteiger partial charge in [-0.05, 0) is 43.3 Å². The average molecular weight is 269 g/mol. The highest BCUT2D eigenvalue weighted by Gasteiger charge is 2.28. The molecule has 1 atom stereocenters. The van der Waals surface area contributed by atoms with E-state index >= 15 is 0 Å². The summed E-state index contributed by atoms with van der Waals surface area (Å²) in [5.74, 6) is 4.92. The number of β-amino-alcohol motifs (C(OH)–C–C–N with tert-alkyl or cyclic N) is 1. The zero-order valence-corrected chi connectivity index (χ0v) is 11.3. The fourth-order valence-corrected chi connectivity index (χ4v) is 3.24. The first-order valence-electron chi connectivity index (χ1n) is 6.04. The fourth-order valence-electron chi connectivity index (χ4n) is 2.42. The van der Waals surface area contributed by atoms with Crippen molar-refractivity contribution >= 4 is 17.2 Å². The fraction of sp³-hybridized carbons (Fsp3) is 0.583. The predicted molar refractivity (Wildman–Crippen MR) is 71.1 cm³/mol. The number of aliphatic hydroxyl groups is 1. The number of hydrogen-bond donors (Lipinski definition) is 3. The number of nitrogen functional groups attached to an aromatic ring is 1. The summed E-state index contributed by atoms with van der Waals surface area (Å²) in [4.78, 5) is 14.4. The van der Waals surface area contributed by atoms with Crippen LogP contribution in [0.3, 0.4) is 0 Å². The van der Waals surface area contributed by atoms with Gasteiger partial charge in [-0.2, -0.15) is 0 Å². The van der Waals surface area contributed by atoms with Crippen LogP contribution in [0.5, 0.6) is 0 Å². The first-order valence-corrected chi connectivity index (χ1v) is 6.92. The molecule has 5 nitrogen and oxygen atoms in total. The normalized spacial score (nSPS) is 25.1. The van der Waals surface area contributed by atoms with E-state index in [1.807, 2.05) is 18.4 Å². The molecule has 1 aromatic heterocycles. The molecule has 1 saturated heterocycles. The van der Waals surface area contributed by atoms with Crippen molar-refractivity contribution in [3.63, 3.8) is 0 Å². The van der Waals surface area contributed by atoms with Gasteiger partial charge in [-0.3, -0.25) is 15.1 Å². The molecule has 1 aliphatic rings. The monoisotopic (exact) mass is 269 g/mol. The van der Waals surface area contributed by atoms with E-state index in [1.165, 1.54) is 11.3 Å². The summed E-state index contributed by atoms with van der Waals surface area (Å²) in [6.45, 7) is 4.14. The summed E-state index contributed by atoms with van der Waals surface area (Å²) < 4.78 is 0. The number of carbonyl (C=O) groups is 1. The molecule has 2 rings (SSSR count). The van der Waals surface area contributed by atoms with Crippen LogP contribution in [-0.4, -0.2) is 34.6 Å². The molecule has 1 aliphatic heterocycles. The number of rotatable bonds is 3. The van der Waals surface area contributed by atoms with Crippen LogP contribution in [0.1, 0.15) is 35.0 Å². The number of nitrogens with one attached hydrogen (secondary N) is 1. The lowest BCUT2D eigenvalue weighted by atomic mass is 9.95. The van der Waals surface area contributed by atoms with Crippen LogP contribution < -0.4 is 11.3 Å². The summed E-state index contributed by atoms with van der Waals surface area (Å²) in [5, 5.41) is 12.0. The number of nitrogens with zero attached hydrogens (tertiary/aromatic N) is 1. The number of likely N-dealkylation sites (tertiary alicyclic amines) is 1. The number of carbonyl (C=O) groups excluding carboxylic acids is 1. The number of hydrogen-bond acceptors (Lipinski definition) is 5. The molecule has 0 aliphatic carbocycles. The molecule has 1 fully saturated rings. The Hall–Kier alpha value is -0.950. The zero-order chi connectivity index (χ0) is 13.2. The highest BCUT2D eigenvalue weighted by molar-refractivity contribution is 7.12. The van der Waals surface area contributed by atoms with E-state index in [-0.39, 0.29) is 5.91 Å². The minimum atomic E-state index is -0.620. The molecule has 0 aromatic carbocycles. The zero-order valence-electron chi connectivity index (χ0n) is 10.5. The van der Waals surface area contributed by atoms with Crippen LogP contribution in [0.25, 0.3) is 0 Å². The predicted octanol–water partition coefficient (Wildman–Crippen LogP) is 0.698. The van der Waals surface area contributed by atoms with Crippen molar-refractivity contribution in [3.05, 3.63) is 21.9 Å². The number of piperidine rings is 1.